The summed E-state index contributed by atoms with van der Waals surface area (Å²) in [5, 5.41) is 6.03. The molecule has 1 fully saturated rings. The first-order valence-electron chi connectivity index (χ1n) is 11.3. The topological polar surface area (TPSA) is 90.9 Å². The Morgan fingerprint density at radius 1 is 1.09 bits per heavy atom. The largest absolute Gasteiger partial charge is 0.351 e. The number of thioether (sulfide) groups is 1. The molecule has 3 amide bonds. The molecule has 7 nitrogen and oxygen atoms in total. The van der Waals surface area contributed by atoms with Gasteiger partial charge in [-0.1, -0.05) is 48.2 Å². The van der Waals surface area contributed by atoms with Gasteiger partial charge in [0.25, 0.3) is 11.8 Å². The van der Waals surface area contributed by atoms with Gasteiger partial charge in [0.15, 0.2) is 5.17 Å². The van der Waals surface area contributed by atoms with Gasteiger partial charge >= 0.3 is 0 Å². The van der Waals surface area contributed by atoms with Gasteiger partial charge in [-0.3, -0.25) is 14.4 Å². The van der Waals surface area contributed by atoms with Crippen LogP contribution in [0.2, 0.25) is 0 Å². The molecule has 0 spiro atoms. The number of amides is 3. The minimum absolute atomic E-state index is 0.0474. The zero-order valence-electron chi connectivity index (χ0n) is 18.6. The summed E-state index contributed by atoms with van der Waals surface area (Å²) in [7, 11) is 0. The second-order valence-corrected chi connectivity index (χ2v) is 9.50. The smallest absolute Gasteiger partial charge is 0.262 e. The molecule has 2 aromatic carbocycles. The van der Waals surface area contributed by atoms with E-state index in [1.807, 2.05) is 37.3 Å². The number of likely N-dealkylation sites (tertiary alicyclic amines) is 1. The lowest BCUT2D eigenvalue weighted by Crippen LogP contribution is -2.33. The molecular weight excluding hydrogens is 436 g/mol. The maximum atomic E-state index is 12.7. The average Bonchev–Trinajstić information content (AvgIpc) is 3.20. The molecular formula is C25H28N4O3S. The zero-order valence-corrected chi connectivity index (χ0v) is 19.4. The Hall–Kier alpha value is -3.13. The maximum absolute atomic E-state index is 12.7. The first-order valence-corrected chi connectivity index (χ1v) is 12.2. The Kier molecular flexibility index (Phi) is 7.44. The van der Waals surface area contributed by atoms with E-state index in [4.69, 9.17) is 0 Å². The monoisotopic (exact) mass is 464 g/mol. The van der Waals surface area contributed by atoms with Crippen molar-refractivity contribution in [2.75, 3.05) is 18.4 Å². The molecule has 0 radical (unpaired) electrons. The van der Waals surface area contributed by atoms with Gasteiger partial charge < -0.3 is 15.5 Å². The standard InChI is InChI=1S/C25H28N4O3S/c1-17(18-9-4-2-5-10-18)26-23(31)19-11-8-12-20(15-19)27-22(30)16-21-24(32)28-25(33-21)29-13-6-3-7-14-29/h2,4-5,8-12,15,17,21H,3,6-7,13-14,16H2,1H3,(H,26,31)(H,27,30)/t17-,21+/m0/s1. The van der Waals surface area contributed by atoms with E-state index in [2.05, 4.69) is 20.5 Å². The lowest BCUT2D eigenvalue weighted by atomic mass is 10.1. The second-order valence-electron chi connectivity index (χ2n) is 8.33. The fourth-order valence-corrected chi connectivity index (χ4v) is 5.07. The molecule has 4 rings (SSSR count). The highest BCUT2D eigenvalue weighted by Crippen LogP contribution is 2.29. The van der Waals surface area contributed by atoms with Crippen molar-refractivity contribution in [1.29, 1.82) is 0 Å². The van der Waals surface area contributed by atoms with Crippen LogP contribution in [0.4, 0.5) is 5.69 Å². The van der Waals surface area contributed by atoms with E-state index in [1.54, 1.807) is 24.3 Å². The number of piperidine rings is 1. The first kappa shape index (κ1) is 23.0. The van der Waals surface area contributed by atoms with Crippen LogP contribution in [0.1, 0.15) is 54.6 Å². The van der Waals surface area contributed by atoms with Crippen LogP contribution in [0, 0.1) is 0 Å². The van der Waals surface area contributed by atoms with Crippen molar-refractivity contribution in [3.8, 4) is 0 Å². The average molecular weight is 465 g/mol. The number of carbonyl (C=O) groups is 3. The molecule has 2 heterocycles. The van der Waals surface area contributed by atoms with Crippen molar-refractivity contribution < 1.29 is 14.4 Å². The van der Waals surface area contributed by atoms with Crippen LogP contribution >= 0.6 is 11.8 Å². The van der Waals surface area contributed by atoms with Crippen LogP contribution in [0.3, 0.4) is 0 Å². The number of nitrogens with zero attached hydrogens (tertiary/aromatic N) is 2. The third kappa shape index (κ3) is 6.01. The van der Waals surface area contributed by atoms with Crippen LogP contribution in [0.5, 0.6) is 0 Å². The van der Waals surface area contributed by atoms with Crippen LogP contribution in [0.15, 0.2) is 59.6 Å². The highest BCUT2D eigenvalue weighted by Gasteiger charge is 2.33. The van der Waals surface area contributed by atoms with Gasteiger partial charge in [-0.15, -0.1) is 0 Å². The molecule has 0 aromatic heterocycles. The highest BCUT2D eigenvalue weighted by atomic mass is 32.2. The number of amidine groups is 1. The van der Waals surface area contributed by atoms with E-state index in [9.17, 15) is 14.4 Å². The lowest BCUT2D eigenvalue weighted by Gasteiger charge is -2.27. The normalized spacial score (nSPS) is 19.1. The molecule has 2 aromatic rings. The Morgan fingerprint density at radius 2 is 1.85 bits per heavy atom. The molecule has 0 aliphatic carbocycles. The summed E-state index contributed by atoms with van der Waals surface area (Å²) in [4.78, 5) is 43.9. The van der Waals surface area contributed by atoms with Crippen LogP contribution in [0.25, 0.3) is 0 Å². The van der Waals surface area contributed by atoms with E-state index in [1.165, 1.54) is 18.2 Å². The third-order valence-electron chi connectivity index (χ3n) is 5.78. The maximum Gasteiger partial charge on any atom is 0.262 e. The minimum atomic E-state index is -0.500. The summed E-state index contributed by atoms with van der Waals surface area (Å²) in [6.07, 6.45) is 3.46. The summed E-state index contributed by atoms with van der Waals surface area (Å²) in [5.74, 6) is -0.742. The van der Waals surface area contributed by atoms with Gasteiger partial charge in [-0.05, 0) is 49.9 Å². The number of aliphatic imine (C=N–C) groups is 1. The summed E-state index contributed by atoms with van der Waals surface area (Å²) in [5.41, 5.74) is 1.99. The summed E-state index contributed by atoms with van der Waals surface area (Å²) < 4.78 is 0. The van der Waals surface area contributed by atoms with Gasteiger partial charge in [0, 0.05) is 30.8 Å². The Labute approximate surface area is 198 Å². The van der Waals surface area contributed by atoms with Gasteiger partial charge in [0.2, 0.25) is 5.91 Å². The molecule has 0 bridgehead atoms. The van der Waals surface area contributed by atoms with E-state index in [0.717, 1.165) is 36.7 Å². The first-order chi connectivity index (χ1) is 16.0. The lowest BCUT2D eigenvalue weighted by molar-refractivity contribution is -0.121. The van der Waals surface area contributed by atoms with Crippen molar-refractivity contribution in [2.24, 2.45) is 4.99 Å². The fraction of sp³-hybridized carbons (Fsp3) is 0.360. The van der Waals surface area contributed by atoms with E-state index in [-0.39, 0.29) is 30.2 Å². The predicted molar refractivity (Wildman–Crippen MR) is 131 cm³/mol. The summed E-state index contributed by atoms with van der Waals surface area (Å²) in [6, 6.07) is 16.4. The number of benzene rings is 2. The number of anilines is 1. The molecule has 2 N–H and O–H groups in total. The molecule has 2 aliphatic rings. The molecule has 1 saturated heterocycles. The molecule has 8 heteroatoms. The van der Waals surface area contributed by atoms with Gasteiger partial charge in [-0.25, -0.2) is 0 Å². The number of hydrogen-bond donors (Lipinski definition) is 2. The second kappa shape index (κ2) is 10.7. The van der Waals surface area contributed by atoms with Gasteiger partial charge in [0.05, 0.1) is 6.04 Å². The van der Waals surface area contributed by atoms with Crippen molar-refractivity contribution in [2.45, 2.75) is 43.9 Å². The van der Waals surface area contributed by atoms with Crippen molar-refractivity contribution >= 4 is 40.3 Å². The number of nitrogens with one attached hydrogen (secondary N) is 2. The van der Waals surface area contributed by atoms with Gasteiger partial charge in [-0.2, -0.15) is 4.99 Å². The van der Waals surface area contributed by atoms with E-state index in [0.29, 0.717) is 11.3 Å². The molecule has 172 valence electrons. The zero-order chi connectivity index (χ0) is 23.2. The third-order valence-corrected chi connectivity index (χ3v) is 7.00. The highest BCUT2D eigenvalue weighted by molar-refractivity contribution is 8.15. The predicted octanol–water partition coefficient (Wildman–Crippen LogP) is 3.99. The Balaban J connectivity index is 1.31. The quantitative estimate of drug-likeness (QED) is 0.675. The number of carbonyl (C=O) groups excluding carboxylic acids is 3. The Bertz CT molecular complexity index is 1050. The fourth-order valence-electron chi connectivity index (χ4n) is 3.95. The van der Waals surface area contributed by atoms with Gasteiger partial charge in [0.1, 0.15) is 5.25 Å². The summed E-state index contributed by atoms with van der Waals surface area (Å²) >= 11 is 1.38. The molecule has 0 unspecified atom stereocenters. The van der Waals surface area contributed by atoms with Crippen molar-refractivity contribution in [3.63, 3.8) is 0 Å². The van der Waals surface area contributed by atoms with E-state index >= 15 is 0 Å². The Morgan fingerprint density at radius 3 is 2.61 bits per heavy atom. The molecule has 33 heavy (non-hydrogen) atoms. The van der Waals surface area contributed by atoms with Crippen molar-refractivity contribution in [1.82, 2.24) is 10.2 Å². The number of hydrogen-bond acceptors (Lipinski definition) is 5. The molecule has 0 saturated carbocycles. The van der Waals surface area contributed by atoms with Crippen LogP contribution < -0.4 is 10.6 Å². The van der Waals surface area contributed by atoms with Crippen LogP contribution in [-0.2, 0) is 9.59 Å². The van der Waals surface area contributed by atoms with E-state index < -0.39 is 5.25 Å². The molecule has 2 atom stereocenters. The minimum Gasteiger partial charge on any atom is -0.351 e. The number of rotatable bonds is 6. The molecule has 2 aliphatic heterocycles. The van der Waals surface area contributed by atoms with Crippen molar-refractivity contribution in [3.05, 3.63) is 65.7 Å². The van der Waals surface area contributed by atoms with Crippen LogP contribution in [-0.4, -0.2) is 46.1 Å². The SMILES string of the molecule is C[C@H](NC(=O)c1cccc(NC(=O)C[C@H]2SC(N3CCCCC3)=NC2=O)c1)c1ccccc1. The summed E-state index contributed by atoms with van der Waals surface area (Å²) in [6.45, 7) is 3.75.